The molecule has 6 heteroatoms. The van der Waals surface area contributed by atoms with Crippen LogP contribution in [0.15, 0.2) is 30.3 Å². The van der Waals surface area contributed by atoms with Crippen LogP contribution in [0.3, 0.4) is 0 Å². The Balaban J connectivity index is 0.00000312. The fraction of sp³-hybridized carbons (Fsp3) is 0.632. The Bertz CT molecular complexity index is 577. The van der Waals surface area contributed by atoms with E-state index in [-0.39, 0.29) is 30.5 Å². The molecule has 0 saturated carbocycles. The molecule has 0 spiro atoms. The number of halogens is 1. The van der Waals surface area contributed by atoms with Gasteiger partial charge in [-0.25, -0.2) is 0 Å². The van der Waals surface area contributed by atoms with Crippen molar-refractivity contribution in [2.75, 3.05) is 7.11 Å². The lowest BCUT2D eigenvalue weighted by Gasteiger charge is -2.55. The molecule has 1 aliphatic heterocycles. The number of carbonyl (C=O) groups is 1. The largest absolute Gasteiger partial charge is 0.469 e. The number of nitrogens with zero attached hydrogens (tertiary/aromatic N) is 1. The van der Waals surface area contributed by atoms with Crippen LogP contribution in [0.5, 0.6) is 0 Å². The Morgan fingerprint density at radius 1 is 1.28 bits per heavy atom. The maximum absolute atomic E-state index is 12.5. The average Bonchev–Trinajstić information content (AvgIpc) is 2.53. The number of hydroxylamine groups is 2. The second kappa shape index (κ2) is 8.04. The van der Waals surface area contributed by atoms with Crippen LogP contribution in [0.2, 0.25) is 0 Å². The topological polar surface area (TPSA) is 61.8 Å². The first kappa shape index (κ1) is 21.9. The smallest absolute Gasteiger partial charge is 0.312 e. The van der Waals surface area contributed by atoms with E-state index in [0.29, 0.717) is 6.42 Å². The standard InChI is InChI=1S/C19H30N2O3.ClH/c1-13(14-10-8-7-9-11-14)20-15-12-18(2,3)21(23)19(4,5)16(15)17(22)24-6;/h7-11,13,15-16,20,23H,12H2,1-6H3;1H/t13-,15+,16-;/m0./s1. The molecule has 1 aromatic carbocycles. The highest BCUT2D eigenvalue weighted by atomic mass is 35.5. The third-order valence-corrected chi connectivity index (χ3v) is 5.22. The molecule has 0 amide bonds. The molecule has 1 aromatic rings. The zero-order chi connectivity index (χ0) is 18.1. The number of hydrogen-bond donors (Lipinski definition) is 2. The van der Waals surface area contributed by atoms with Crippen molar-refractivity contribution in [1.82, 2.24) is 10.4 Å². The summed E-state index contributed by atoms with van der Waals surface area (Å²) < 4.78 is 5.04. The van der Waals surface area contributed by atoms with E-state index >= 15 is 0 Å². The van der Waals surface area contributed by atoms with Crippen LogP contribution in [-0.2, 0) is 9.53 Å². The van der Waals surface area contributed by atoms with Crippen molar-refractivity contribution >= 4 is 18.4 Å². The molecule has 0 aromatic heterocycles. The molecule has 0 bridgehead atoms. The van der Waals surface area contributed by atoms with Crippen molar-refractivity contribution in [2.24, 2.45) is 5.92 Å². The number of ether oxygens (including phenoxy) is 1. The summed E-state index contributed by atoms with van der Waals surface area (Å²) in [7, 11) is 1.40. The van der Waals surface area contributed by atoms with Crippen LogP contribution in [0.1, 0.15) is 52.6 Å². The Hall–Kier alpha value is -1.14. The monoisotopic (exact) mass is 370 g/mol. The number of methoxy groups -OCH3 is 1. The third-order valence-electron chi connectivity index (χ3n) is 5.22. The molecule has 2 rings (SSSR count). The molecule has 0 unspecified atom stereocenters. The van der Waals surface area contributed by atoms with Gasteiger partial charge in [0.15, 0.2) is 0 Å². The summed E-state index contributed by atoms with van der Waals surface area (Å²) in [5, 5.41) is 15.6. The van der Waals surface area contributed by atoms with E-state index in [9.17, 15) is 10.0 Å². The predicted molar refractivity (Wildman–Crippen MR) is 101 cm³/mol. The van der Waals surface area contributed by atoms with Crippen molar-refractivity contribution in [3.05, 3.63) is 35.9 Å². The summed E-state index contributed by atoms with van der Waals surface area (Å²) in [6.07, 6.45) is 0.643. The maximum atomic E-state index is 12.5. The number of piperidine rings is 1. The SMILES string of the molecule is COC(=O)[C@@H]1[C@H](N[C@@H](C)c2ccccc2)CC(C)(C)N(O)C1(C)C.Cl. The first-order chi connectivity index (χ1) is 11.1. The van der Waals surface area contributed by atoms with E-state index in [1.165, 1.54) is 17.7 Å². The molecular weight excluding hydrogens is 340 g/mol. The molecule has 0 radical (unpaired) electrons. The van der Waals surface area contributed by atoms with Gasteiger partial charge in [0.1, 0.15) is 0 Å². The Morgan fingerprint density at radius 2 is 1.84 bits per heavy atom. The minimum atomic E-state index is -0.733. The summed E-state index contributed by atoms with van der Waals surface area (Å²) in [5.41, 5.74) is -0.00599. The molecule has 5 nitrogen and oxygen atoms in total. The highest BCUT2D eigenvalue weighted by molar-refractivity contribution is 5.85. The van der Waals surface area contributed by atoms with Crippen LogP contribution in [0, 0.1) is 5.92 Å². The first-order valence-electron chi connectivity index (χ1n) is 8.49. The molecule has 25 heavy (non-hydrogen) atoms. The second-order valence-electron chi connectivity index (χ2n) is 7.89. The first-order valence-corrected chi connectivity index (χ1v) is 8.49. The van der Waals surface area contributed by atoms with E-state index in [1.54, 1.807) is 0 Å². The van der Waals surface area contributed by atoms with E-state index in [1.807, 2.05) is 45.9 Å². The summed E-state index contributed by atoms with van der Waals surface area (Å²) >= 11 is 0. The fourth-order valence-corrected chi connectivity index (χ4v) is 4.04. The van der Waals surface area contributed by atoms with Gasteiger partial charge in [-0.3, -0.25) is 4.79 Å². The van der Waals surface area contributed by atoms with Crippen LogP contribution >= 0.6 is 12.4 Å². The molecule has 1 aliphatic rings. The van der Waals surface area contributed by atoms with Gasteiger partial charge >= 0.3 is 5.97 Å². The van der Waals surface area contributed by atoms with E-state index in [4.69, 9.17) is 4.74 Å². The fourth-order valence-electron chi connectivity index (χ4n) is 4.04. The summed E-state index contributed by atoms with van der Waals surface area (Å²) in [4.78, 5) is 12.5. The van der Waals surface area contributed by atoms with Crippen LogP contribution < -0.4 is 5.32 Å². The highest BCUT2D eigenvalue weighted by Crippen LogP contribution is 2.42. The van der Waals surface area contributed by atoms with Crippen molar-refractivity contribution < 1.29 is 14.7 Å². The van der Waals surface area contributed by atoms with Gasteiger partial charge < -0.3 is 15.3 Å². The summed E-state index contributed by atoms with van der Waals surface area (Å²) in [6.45, 7) is 9.85. The quantitative estimate of drug-likeness (QED) is 0.793. The number of esters is 1. The van der Waals surface area contributed by atoms with Gasteiger partial charge in [0.05, 0.1) is 18.6 Å². The lowest BCUT2D eigenvalue weighted by Crippen LogP contribution is -2.69. The summed E-state index contributed by atoms with van der Waals surface area (Å²) in [5.74, 6) is -0.765. The Labute approximate surface area is 157 Å². The molecule has 142 valence electrons. The maximum Gasteiger partial charge on any atom is 0.312 e. The van der Waals surface area contributed by atoms with Crippen molar-refractivity contribution in [2.45, 2.75) is 64.2 Å². The van der Waals surface area contributed by atoms with Gasteiger partial charge in [-0.15, -0.1) is 12.4 Å². The van der Waals surface area contributed by atoms with Gasteiger partial charge in [0, 0.05) is 17.6 Å². The molecule has 3 atom stereocenters. The predicted octanol–water partition coefficient (Wildman–Crippen LogP) is 3.57. The van der Waals surface area contributed by atoms with Crippen LogP contribution in [0.25, 0.3) is 0 Å². The number of nitrogens with one attached hydrogen (secondary N) is 1. The molecule has 1 fully saturated rings. The van der Waals surface area contributed by atoms with Gasteiger partial charge in [0.2, 0.25) is 0 Å². The number of carbonyl (C=O) groups excluding carboxylic acids is 1. The van der Waals surface area contributed by atoms with E-state index in [2.05, 4.69) is 24.4 Å². The number of rotatable bonds is 4. The lowest BCUT2D eigenvalue weighted by molar-refractivity contribution is -0.265. The molecule has 1 heterocycles. The highest BCUT2D eigenvalue weighted by Gasteiger charge is 2.55. The minimum Gasteiger partial charge on any atom is -0.469 e. The number of hydrogen-bond acceptors (Lipinski definition) is 5. The van der Waals surface area contributed by atoms with Crippen LogP contribution in [-0.4, -0.2) is 40.5 Å². The molecular formula is C19H31ClN2O3. The summed E-state index contributed by atoms with van der Waals surface area (Å²) in [6, 6.07) is 10.2. The van der Waals surface area contributed by atoms with Crippen molar-refractivity contribution in [3.8, 4) is 0 Å². The van der Waals surface area contributed by atoms with Gasteiger partial charge in [-0.2, -0.15) is 5.06 Å². The Kier molecular flexibility index (Phi) is 7.04. The third kappa shape index (κ3) is 4.34. The normalized spacial score (nSPS) is 26.4. The van der Waals surface area contributed by atoms with Gasteiger partial charge in [-0.1, -0.05) is 30.3 Å². The zero-order valence-electron chi connectivity index (χ0n) is 15.9. The van der Waals surface area contributed by atoms with Crippen molar-refractivity contribution in [3.63, 3.8) is 0 Å². The second-order valence-corrected chi connectivity index (χ2v) is 7.89. The van der Waals surface area contributed by atoms with E-state index in [0.717, 1.165) is 0 Å². The molecule has 2 N–H and O–H groups in total. The Morgan fingerprint density at radius 3 is 2.36 bits per heavy atom. The lowest BCUT2D eigenvalue weighted by atomic mass is 9.70. The average molecular weight is 371 g/mol. The van der Waals surface area contributed by atoms with E-state index < -0.39 is 17.0 Å². The van der Waals surface area contributed by atoms with Crippen molar-refractivity contribution in [1.29, 1.82) is 0 Å². The molecule has 0 aliphatic carbocycles. The van der Waals surface area contributed by atoms with Gasteiger partial charge in [0.25, 0.3) is 0 Å². The zero-order valence-corrected chi connectivity index (χ0v) is 16.8. The van der Waals surface area contributed by atoms with Crippen LogP contribution in [0.4, 0.5) is 0 Å². The minimum absolute atomic E-state index is 0. The van der Waals surface area contributed by atoms with Gasteiger partial charge in [-0.05, 0) is 46.6 Å². The number of benzene rings is 1. The molecule has 1 saturated heterocycles.